The molecule has 3 aromatic rings. The Balaban J connectivity index is 1.55. The molecule has 1 aliphatic heterocycles. The molecule has 1 atom stereocenters. The van der Waals surface area contributed by atoms with E-state index < -0.39 is 0 Å². The van der Waals surface area contributed by atoms with Gasteiger partial charge in [0.15, 0.2) is 11.5 Å². The van der Waals surface area contributed by atoms with Crippen LogP contribution in [0.3, 0.4) is 0 Å². The Bertz CT molecular complexity index is 956. The number of carbonyl (C=O) groups excluding carboxylic acids is 1. The van der Waals surface area contributed by atoms with E-state index in [0.29, 0.717) is 11.5 Å². The fourth-order valence-corrected chi connectivity index (χ4v) is 3.74. The van der Waals surface area contributed by atoms with Crippen LogP contribution >= 0.6 is 0 Å². The summed E-state index contributed by atoms with van der Waals surface area (Å²) in [7, 11) is 0. The molecule has 0 bridgehead atoms. The molecule has 5 heteroatoms. The van der Waals surface area contributed by atoms with Gasteiger partial charge in [0.2, 0.25) is 0 Å². The minimum atomic E-state index is -0.0774. The molecule has 0 N–H and O–H groups in total. The first kappa shape index (κ1) is 18.4. The Morgan fingerprint density at radius 1 is 1.11 bits per heavy atom. The topological polar surface area (TPSA) is 59.2 Å². The highest BCUT2D eigenvalue weighted by Gasteiger charge is 2.32. The molecule has 2 aromatic heterocycles. The molecule has 5 nitrogen and oxygen atoms in total. The second-order valence-electron chi connectivity index (χ2n) is 8.34. The fraction of sp³-hybridized carbons (Fsp3) is 0.348. The molecule has 1 fully saturated rings. The van der Waals surface area contributed by atoms with Gasteiger partial charge in [-0.05, 0) is 41.5 Å². The van der Waals surface area contributed by atoms with Crippen LogP contribution < -0.4 is 0 Å². The van der Waals surface area contributed by atoms with E-state index in [2.05, 4.69) is 55.2 Å². The smallest absolute Gasteiger partial charge is 0.276 e. The summed E-state index contributed by atoms with van der Waals surface area (Å²) in [6.45, 7) is 7.36. The molecule has 4 rings (SSSR count). The standard InChI is InChI=1S/C23H25N3O2/c1-23(2,3)18-8-6-16(7-9-18)20-5-4-14-26(20)22(27)19-15-21(28-25-19)17-10-12-24-13-11-17/h6-13,15,20H,4-5,14H2,1-3H3. The van der Waals surface area contributed by atoms with Crippen molar-refractivity contribution in [2.24, 2.45) is 0 Å². The third-order valence-corrected chi connectivity index (χ3v) is 5.37. The van der Waals surface area contributed by atoms with Gasteiger partial charge in [0.25, 0.3) is 5.91 Å². The summed E-state index contributed by atoms with van der Waals surface area (Å²) < 4.78 is 5.40. The van der Waals surface area contributed by atoms with E-state index in [-0.39, 0.29) is 17.4 Å². The summed E-state index contributed by atoms with van der Waals surface area (Å²) >= 11 is 0. The quantitative estimate of drug-likeness (QED) is 0.645. The molecular formula is C23H25N3O2. The fourth-order valence-electron chi connectivity index (χ4n) is 3.74. The van der Waals surface area contributed by atoms with Gasteiger partial charge in [-0.3, -0.25) is 9.78 Å². The van der Waals surface area contributed by atoms with Crippen LogP contribution in [-0.4, -0.2) is 27.5 Å². The van der Waals surface area contributed by atoms with E-state index in [4.69, 9.17) is 4.52 Å². The molecule has 28 heavy (non-hydrogen) atoms. The van der Waals surface area contributed by atoms with Gasteiger partial charge in [0.05, 0.1) is 6.04 Å². The number of hydrogen-bond acceptors (Lipinski definition) is 4. The summed E-state index contributed by atoms with van der Waals surface area (Å²) in [5, 5.41) is 4.02. The van der Waals surface area contributed by atoms with Crippen molar-refractivity contribution >= 4 is 5.91 Å². The van der Waals surface area contributed by atoms with E-state index >= 15 is 0 Å². The van der Waals surface area contributed by atoms with Crippen LogP contribution in [0.25, 0.3) is 11.3 Å². The number of nitrogens with zero attached hydrogens (tertiary/aromatic N) is 3. The Morgan fingerprint density at radius 2 is 1.82 bits per heavy atom. The summed E-state index contributed by atoms with van der Waals surface area (Å²) in [6.07, 6.45) is 5.34. The average molecular weight is 375 g/mol. The monoisotopic (exact) mass is 375 g/mol. The SMILES string of the molecule is CC(C)(C)c1ccc(C2CCCN2C(=O)c2cc(-c3ccncc3)on2)cc1. The highest BCUT2D eigenvalue weighted by molar-refractivity contribution is 5.93. The van der Waals surface area contributed by atoms with Crippen molar-refractivity contribution in [1.82, 2.24) is 15.0 Å². The highest BCUT2D eigenvalue weighted by Crippen LogP contribution is 2.34. The van der Waals surface area contributed by atoms with Gasteiger partial charge in [0, 0.05) is 30.6 Å². The van der Waals surface area contributed by atoms with Gasteiger partial charge in [-0.2, -0.15) is 0 Å². The number of pyridine rings is 1. The van der Waals surface area contributed by atoms with E-state index in [1.807, 2.05) is 17.0 Å². The van der Waals surface area contributed by atoms with Crippen LogP contribution in [0, 0.1) is 0 Å². The molecule has 1 unspecified atom stereocenters. The molecule has 0 saturated carbocycles. The number of hydrogen-bond donors (Lipinski definition) is 0. The van der Waals surface area contributed by atoms with Crippen molar-refractivity contribution in [3.63, 3.8) is 0 Å². The predicted molar refractivity (Wildman–Crippen MR) is 108 cm³/mol. The lowest BCUT2D eigenvalue weighted by Crippen LogP contribution is -2.30. The Labute approximate surface area is 165 Å². The third-order valence-electron chi connectivity index (χ3n) is 5.37. The van der Waals surface area contributed by atoms with Gasteiger partial charge >= 0.3 is 0 Å². The molecule has 1 saturated heterocycles. The number of rotatable bonds is 3. The van der Waals surface area contributed by atoms with Crippen molar-refractivity contribution in [1.29, 1.82) is 0 Å². The van der Waals surface area contributed by atoms with Gasteiger partial charge < -0.3 is 9.42 Å². The number of likely N-dealkylation sites (tertiary alicyclic amines) is 1. The second-order valence-corrected chi connectivity index (χ2v) is 8.34. The summed E-state index contributed by atoms with van der Waals surface area (Å²) in [4.78, 5) is 19.0. The van der Waals surface area contributed by atoms with Crippen molar-refractivity contribution in [2.45, 2.75) is 45.1 Å². The van der Waals surface area contributed by atoms with E-state index in [1.54, 1.807) is 18.5 Å². The molecule has 1 aliphatic rings. The van der Waals surface area contributed by atoms with Crippen LogP contribution in [0.15, 0.2) is 59.4 Å². The summed E-state index contributed by atoms with van der Waals surface area (Å²) in [5.41, 5.74) is 3.80. The van der Waals surface area contributed by atoms with Crippen LogP contribution in [0.2, 0.25) is 0 Å². The Morgan fingerprint density at radius 3 is 2.50 bits per heavy atom. The number of aromatic nitrogens is 2. The zero-order chi connectivity index (χ0) is 19.7. The van der Waals surface area contributed by atoms with Crippen molar-refractivity contribution in [3.05, 3.63) is 71.7 Å². The van der Waals surface area contributed by atoms with E-state index in [0.717, 1.165) is 24.9 Å². The maximum atomic E-state index is 13.1. The third kappa shape index (κ3) is 3.57. The van der Waals surface area contributed by atoms with E-state index in [9.17, 15) is 4.79 Å². The number of amides is 1. The molecule has 0 radical (unpaired) electrons. The van der Waals surface area contributed by atoms with Crippen LogP contribution in [0.5, 0.6) is 0 Å². The average Bonchev–Trinajstić information content (AvgIpc) is 3.37. The molecule has 0 aliphatic carbocycles. The van der Waals surface area contributed by atoms with Crippen molar-refractivity contribution in [3.8, 4) is 11.3 Å². The van der Waals surface area contributed by atoms with Crippen molar-refractivity contribution in [2.75, 3.05) is 6.54 Å². The first-order valence-corrected chi connectivity index (χ1v) is 9.72. The normalized spacial score (nSPS) is 17.1. The summed E-state index contributed by atoms with van der Waals surface area (Å²) in [6, 6.07) is 14.1. The summed E-state index contributed by atoms with van der Waals surface area (Å²) in [5.74, 6) is 0.502. The molecule has 144 valence electrons. The van der Waals surface area contributed by atoms with Crippen LogP contribution in [-0.2, 0) is 5.41 Å². The second kappa shape index (κ2) is 7.23. The first-order chi connectivity index (χ1) is 13.4. The number of carbonyl (C=O) groups is 1. The minimum Gasteiger partial charge on any atom is -0.355 e. The lowest BCUT2D eigenvalue weighted by Gasteiger charge is -2.25. The maximum Gasteiger partial charge on any atom is 0.276 e. The Hall–Kier alpha value is -2.95. The van der Waals surface area contributed by atoms with Gasteiger partial charge in [-0.1, -0.05) is 50.2 Å². The Kier molecular flexibility index (Phi) is 4.75. The zero-order valence-electron chi connectivity index (χ0n) is 16.6. The molecule has 0 spiro atoms. The largest absolute Gasteiger partial charge is 0.355 e. The minimum absolute atomic E-state index is 0.0774. The lowest BCUT2D eigenvalue weighted by molar-refractivity contribution is 0.0725. The van der Waals surface area contributed by atoms with Crippen molar-refractivity contribution < 1.29 is 9.32 Å². The first-order valence-electron chi connectivity index (χ1n) is 9.72. The van der Waals surface area contributed by atoms with Gasteiger partial charge in [-0.15, -0.1) is 0 Å². The lowest BCUT2D eigenvalue weighted by atomic mass is 9.86. The van der Waals surface area contributed by atoms with Gasteiger partial charge in [-0.25, -0.2) is 0 Å². The number of benzene rings is 1. The molecular weight excluding hydrogens is 350 g/mol. The predicted octanol–water partition coefficient (Wildman–Crippen LogP) is 5.01. The van der Waals surface area contributed by atoms with Gasteiger partial charge in [0.1, 0.15) is 0 Å². The zero-order valence-corrected chi connectivity index (χ0v) is 16.6. The highest BCUT2D eigenvalue weighted by atomic mass is 16.5. The van der Waals surface area contributed by atoms with E-state index in [1.165, 1.54) is 11.1 Å². The molecule has 1 aromatic carbocycles. The molecule has 1 amide bonds. The molecule has 3 heterocycles. The van der Waals surface area contributed by atoms with Crippen LogP contribution in [0.1, 0.15) is 61.3 Å². The maximum absolute atomic E-state index is 13.1. The van der Waals surface area contributed by atoms with Crippen LogP contribution in [0.4, 0.5) is 0 Å².